The second-order valence-electron chi connectivity index (χ2n) is 10.3. The number of nitrogens with one attached hydrogen (secondary N) is 2. The molecule has 17 heteroatoms. The zero-order valence-corrected chi connectivity index (χ0v) is 23.4. The van der Waals surface area contributed by atoms with Gasteiger partial charge in [-0.2, -0.15) is 18.2 Å². The zero-order valence-electron chi connectivity index (χ0n) is 23.4. The molecule has 0 radical (unpaired) electrons. The molecule has 4 atom stereocenters. The molecule has 3 heterocycles. The van der Waals surface area contributed by atoms with Crippen LogP contribution in [0.4, 0.5) is 24.8 Å². The van der Waals surface area contributed by atoms with Gasteiger partial charge >= 0.3 is 12.1 Å². The molecule has 1 aromatic carbocycles. The van der Waals surface area contributed by atoms with Crippen LogP contribution in [0.3, 0.4) is 0 Å². The number of nitrogen functional groups attached to an aromatic ring is 1. The second-order valence-corrected chi connectivity index (χ2v) is 10.3. The molecule has 0 spiro atoms. The van der Waals surface area contributed by atoms with E-state index in [0.29, 0.717) is 5.56 Å². The molecule has 1 fully saturated rings. The van der Waals surface area contributed by atoms with Gasteiger partial charge in [-0.25, -0.2) is 0 Å². The molecular formula is C27H29F3N6O8. The molecule has 44 heavy (non-hydrogen) atoms. The number of H-pyrrole nitrogens is 1. The van der Waals surface area contributed by atoms with Crippen LogP contribution in [-0.4, -0.2) is 67.1 Å². The van der Waals surface area contributed by atoms with Crippen LogP contribution in [0.2, 0.25) is 0 Å². The van der Waals surface area contributed by atoms with E-state index in [1.807, 2.05) is 0 Å². The first-order chi connectivity index (χ1) is 20.7. The maximum absolute atomic E-state index is 12.9. The molecule has 14 nitrogen and oxygen atoms in total. The number of nitrogens with zero attached hydrogens (tertiary/aromatic N) is 3. The van der Waals surface area contributed by atoms with Gasteiger partial charge < -0.3 is 35.3 Å². The number of nitro benzene ring substituents is 1. The Bertz CT molecular complexity index is 1680. The van der Waals surface area contributed by atoms with Gasteiger partial charge in [0.05, 0.1) is 47.8 Å². The van der Waals surface area contributed by atoms with Crippen LogP contribution in [0.15, 0.2) is 29.2 Å². The van der Waals surface area contributed by atoms with Crippen LogP contribution in [0.25, 0.3) is 11.0 Å². The van der Waals surface area contributed by atoms with Gasteiger partial charge in [-0.05, 0) is 18.1 Å². The number of fused-ring (bicyclic) bond motifs is 1. The average molecular weight is 623 g/mol. The molecule has 1 saturated heterocycles. The van der Waals surface area contributed by atoms with E-state index in [0.717, 1.165) is 6.07 Å². The summed E-state index contributed by atoms with van der Waals surface area (Å²) >= 11 is 0. The van der Waals surface area contributed by atoms with E-state index in [9.17, 15) is 43.1 Å². The fourth-order valence-electron chi connectivity index (χ4n) is 4.84. The van der Waals surface area contributed by atoms with Gasteiger partial charge in [-0.15, -0.1) is 0 Å². The number of hydrogen-bond acceptors (Lipinski definition) is 10. The smallest absolute Gasteiger partial charge is 0.394 e. The molecule has 0 saturated carbocycles. The summed E-state index contributed by atoms with van der Waals surface area (Å²) in [7, 11) is 0. The summed E-state index contributed by atoms with van der Waals surface area (Å²) in [6.45, 7) is 2.30. The van der Waals surface area contributed by atoms with Gasteiger partial charge in [0.15, 0.2) is 5.65 Å². The highest BCUT2D eigenvalue weighted by molar-refractivity contribution is 5.82. The van der Waals surface area contributed by atoms with Gasteiger partial charge in [-0.1, -0.05) is 25.7 Å². The Labute approximate surface area is 247 Å². The number of ether oxygens (including phenoxy) is 2. The maximum atomic E-state index is 12.9. The van der Waals surface area contributed by atoms with Gasteiger partial charge in [0.2, 0.25) is 5.95 Å². The normalized spacial score (nSPS) is 19.1. The molecule has 1 aliphatic rings. The second kappa shape index (κ2) is 13.0. The number of anilines is 1. The molecule has 1 amide bonds. The minimum atomic E-state index is -5.06. The van der Waals surface area contributed by atoms with Crippen molar-refractivity contribution in [2.24, 2.45) is 5.92 Å². The number of benzene rings is 1. The number of carbonyl (C=O) groups is 1. The molecule has 6 N–H and O–H groups in total. The Morgan fingerprint density at radius 2 is 2.14 bits per heavy atom. The molecule has 3 aromatic rings. The van der Waals surface area contributed by atoms with Crippen molar-refractivity contribution in [3.05, 3.63) is 61.6 Å². The molecule has 1 aliphatic heterocycles. The molecule has 4 rings (SSSR count). The van der Waals surface area contributed by atoms with E-state index >= 15 is 0 Å². The molecule has 0 bridgehead atoms. The van der Waals surface area contributed by atoms with Crippen LogP contribution < -0.4 is 16.6 Å². The van der Waals surface area contributed by atoms with Crippen LogP contribution in [0.1, 0.15) is 49.3 Å². The topological polar surface area (TPSA) is 208 Å². The molecule has 0 unspecified atom stereocenters. The number of aromatic amines is 1. The zero-order chi connectivity index (χ0) is 32.3. The van der Waals surface area contributed by atoms with Crippen LogP contribution >= 0.6 is 0 Å². The Morgan fingerprint density at radius 3 is 2.75 bits per heavy atom. The summed E-state index contributed by atoms with van der Waals surface area (Å²) in [4.78, 5) is 41.8. The number of carbonyl (C=O) groups excluding carboxylic acids is 1. The number of nitro groups is 1. The van der Waals surface area contributed by atoms with E-state index in [2.05, 4.69) is 21.8 Å². The summed E-state index contributed by atoms with van der Waals surface area (Å²) in [5.74, 6) is 2.20. The summed E-state index contributed by atoms with van der Waals surface area (Å²) in [6.07, 6.45) is -6.83. The number of amides is 1. The SMILES string of the molecule is CC(C)[C@@H](OCc1cn([C@H]2C[C@@H](O)[C@@H](CO)O2)c2nc(N)[nH]c(=O)c12)c1ccc(C#CCNC(=O)C(F)(F)F)cc1[N+](=O)[O-]. The average Bonchev–Trinajstić information content (AvgIpc) is 3.50. The van der Waals surface area contributed by atoms with Crippen LogP contribution in [-0.2, 0) is 20.9 Å². The van der Waals surface area contributed by atoms with Gasteiger partial charge in [0.25, 0.3) is 11.2 Å². The number of nitrogens with two attached hydrogens (primary N) is 1. The Balaban J connectivity index is 1.61. The van der Waals surface area contributed by atoms with Crippen LogP contribution in [0.5, 0.6) is 0 Å². The minimum Gasteiger partial charge on any atom is -0.394 e. The van der Waals surface area contributed by atoms with Crippen molar-refractivity contribution in [3.8, 4) is 11.8 Å². The number of halogens is 3. The molecular weight excluding hydrogens is 593 g/mol. The first-order valence-corrected chi connectivity index (χ1v) is 13.3. The van der Waals surface area contributed by atoms with Crippen LogP contribution in [0, 0.1) is 27.9 Å². The molecule has 0 aliphatic carbocycles. The van der Waals surface area contributed by atoms with E-state index in [-0.39, 0.29) is 52.7 Å². The van der Waals surface area contributed by atoms with Crippen molar-refractivity contribution in [1.82, 2.24) is 19.9 Å². The highest BCUT2D eigenvalue weighted by Crippen LogP contribution is 2.36. The summed E-state index contributed by atoms with van der Waals surface area (Å²) < 4.78 is 50.4. The molecule has 236 valence electrons. The number of alkyl halides is 3. The minimum absolute atomic E-state index is 0.106. The number of rotatable bonds is 9. The highest BCUT2D eigenvalue weighted by Gasteiger charge is 2.38. The number of aliphatic hydroxyl groups is 2. The monoisotopic (exact) mass is 622 g/mol. The quantitative estimate of drug-likeness (QED) is 0.133. The van der Waals surface area contributed by atoms with Crippen molar-refractivity contribution in [2.75, 3.05) is 18.9 Å². The van der Waals surface area contributed by atoms with Gasteiger partial charge in [0.1, 0.15) is 12.3 Å². The Hall–Kier alpha value is -4.50. The van der Waals surface area contributed by atoms with Crippen molar-refractivity contribution in [3.63, 3.8) is 0 Å². The van der Waals surface area contributed by atoms with E-state index in [1.54, 1.807) is 25.4 Å². The highest BCUT2D eigenvalue weighted by atomic mass is 19.4. The lowest BCUT2D eigenvalue weighted by Crippen LogP contribution is -2.36. The largest absolute Gasteiger partial charge is 0.471 e. The molecule has 2 aromatic heterocycles. The summed E-state index contributed by atoms with van der Waals surface area (Å²) in [5.41, 5.74) is 5.68. The Kier molecular flexibility index (Phi) is 9.59. The van der Waals surface area contributed by atoms with Crippen molar-refractivity contribution >= 4 is 28.6 Å². The maximum Gasteiger partial charge on any atom is 0.471 e. The van der Waals surface area contributed by atoms with Crippen molar-refractivity contribution in [2.45, 2.75) is 57.6 Å². The lowest BCUT2D eigenvalue weighted by atomic mass is 9.96. The summed E-state index contributed by atoms with van der Waals surface area (Å²) in [5, 5.41) is 33.4. The standard InChI is InChI=1S/C27H29F3N6O8/c1-13(2)22(16-6-5-14(8-17(16)36(41)42)4-3-7-32-25(40)27(28,29)30)43-12-15-10-35(20-9-18(38)19(11-37)44-20)23-21(15)24(39)34-26(31)33-23/h5-6,8,10,13,18-20,22,37-38H,7,9,11-12H2,1-2H3,(H,32,40)(H3,31,33,34,39)/t18-,19-,20-,22-/m1/s1. The third-order valence-electron chi connectivity index (χ3n) is 6.86. The third kappa shape index (κ3) is 7.00. The summed E-state index contributed by atoms with van der Waals surface area (Å²) in [6, 6.07) is 4.00. The third-order valence-corrected chi connectivity index (χ3v) is 6.86. The first-order valence-electron chi connectivity index (χ1n) is 13.3. The number of hydrogen-bond donors (Lipinski definition) is 5. The Morgan fingerprint density at radius 1 is 1.41 bits per heavy atom. The lowest BCUT2D eigenvalue weighted by Gasteiger charge is -2.22. The fourth-order valence-corrected chi connectivity index (χ4v) is 4.84. The number of aromatic nitrogens is 3. The van der Waals surface area contributed by atoms with Crippen molar-refractivity contribution in [1.29, 1.82) is 0 Å². The van der Waals surface area contributed by atoms with E-state index < -0.39 is 60.3 Å². The van der Waals surface area contributed by atoms with Gasteiger partial charge in [0, 0.05) is 29.8 Å². The first kappa shape index (κ1) is 32.4. The van der Waals surface area contributed by atoms with E-state index in [4.69, 9.17) is 15.2 Å². The van der Waals surface area contributed by atoms with Gasteiger partial charge in [-0.3, -0.25) is 24.7 Å². The number of aliphatic hydroxyl groups excluding tert-OH is 2. The lowest BCUT2D eigenvalue weighted by molar-refractivity contribution is -0.386. The van der Waals surface area contributed by atoms with E-state index in [1.165, 1.54) is 16.7 Å². The van der Waals surface area contributed by atoms with Crippen molar-refractivity contribution < 1.29 is 42.6 Å². The predicted molar refractivity (Wildman–Crippen MR) is 148 cm³/mol. The fraction of sp³-hybridized carbons (Fsp3) is 0.444. The predicted octanol–water partition coefficient (Wildman–Crippen LogP) is 1.80.